The van der Waals surface area contributed by atoms with Gasteiger partial charge in [-0.05, 0) is 116 Å². The summed E-state index contributed by atoms with van der Waals surface area (Å²) in [5.74, 6) is -3.17. The highest BCUT2D eigenvalue weighted by Crippen LogP contribution is 2.26. The number of esters is 3. The number of hydrogen-bond donors (Lipinski definition) is 3. The summed E-state index contributed by atoms with van der Waals surface area (Å²) in [6.07, 6.45) is 55.4. The van der Waals surface area contributed by atoms with E-state index in [0.29, 0.717) is 19.3 Å². The van der Waals surface area contributed by atoms with Crippen LogP contribution in [0.15, 0.2) is 85.1 Å². The van der Waals surface area contributed by atoms with Gasteiger partial charge < -0.3 is 39.0 Å². The van der Waals surface area contributed by atoms with Crippen molar-refractivity contribution in [1.29, 1.82) is 0 Å². The first kappa shape index (κ1) is 70.9. The smallest absolute Gasteiger partial charge is 0.335 e. The van der Waals surface area contributed by atoms with Crippen LogP contribution in [0.1, 0.15) is 252 Å². The van der Waals surface area contributed by atoms with Gasteiger partial charge in [-0.25, -0.2) is 4.79 Å². The number of carbonyl (C=O) groups is 4. The maximum atomic E-state index is 13.2. The van der Waals surface area contributed by atoms with Crippen LogP contribution in [-0.2, 0) is 42.9 Å². The Bertz CT molecular complexity index is 1660. The Kier molecular flexibility index (Phi) is 48.4. The van der Waals surface area contributed by atoms with E-state index in [1.807, 2.05) is 0 Å². The molecule has 0 spiro atoms. The Hall–Kier alpha value is -4.10. The summed E-state index contributed by atoms with van der Waals surface area (Å²) in [7, 11) is 0. The zero-order chi connectivity index (χ0) is 56.1. The maximum absolute atomic E-state index is 13.2. The molecule has 3 N–H and O–H groups in total. The van der Waals surface area contributed by atoms with Crippen molar-refractivity contribution in [1.82, 2.24) is 0 Å². The molecule has 1 heterocycles. The number of aliphatic hydroxyl groups excluding tert-OH is 2. The van der Waals surface area contributed by atoms with Crippen LogP contribution in [0, 0.1) is 0 Å². The minimum Gasteiger partial charge on any atom is -0.479 e. The fourth-order valence-electron chi connectivity index (χ4n) is 8.74. The highest BCUT2D eigenvalue weighted by atomic mass is 16.7. The predicted octanol–water partition coefficient (Wildman–Crippen LogP) is 15.9. The number of hydrogen-bond acceptors (Lipinski definition) is 11. The molecule has 0 amide bonds. The van der Waals surface area contributed by atoms with Gasteiger partial charge in [0.15, 0.2) is 24.6 Å². The van der Waals surface area contributed by atoms with Crippen molar-refractivity contribution in [2.24, 2.45) is 0 Å². The lowest BCUT2D eigenvalue weighted by atomic mass is 9.98. The van der Waals surface area contributed by atoms with E-state index in [9.17, 15) is 34.5 Å². The van der Waals surface area contributed by atoms with E-state index < -0.39 is 67.3 Å². The Morgan fingerprint density at radius 1 is 0.442 bits per heavy atom. The van der Waals surface area contributed by atoms with E-state index in [1.54, 1.807) is 0 Å². The molecule has 1 aliphatic heterocycles. The number of ether oxygens (including phenoxy) is 5. The van der Waals surface area contributed by atoms with E-state index in [-0.39, 0.29) is 25.9 Å². The largest absolute Gasteiger partial charge is 0.479 e. The molecule has 0 saturated carbocycles. The Morgan fingerprint density at radius 2 is 0.818 bits per heavy atom. The highest BCUT2D eigenvalue weighted by Gasteiger charge is 2.50. The third-order valence-corrected chi connectivity index (χ3v) is 13.4. The summed E-state index contributed by atoms with van der Waals surface area (Å²) in [6.45, 7) is 5.81. The molecule has 1 rings (SSSR count). The Labute approximate surface area is 467 Å². The fraction of sp³-hybridized carbons (Fsp3) is 0.723. The van der Waals surface area contributed by atoms with Crippen molar-refractivity contribution in [2.75, 3.05) is 13.2 Å². The molecule has 0 aromatic carbocycles. The topological polar surface area (TPSA) is 175 Å². The Morgan fingerprint density at radius 3 is 1.29 bits per heavy atom. The average Bonchev–Trinajstić information content (AvgIpc) is 3.42. The van der Waals surface area contributed by atoms with Crippen LogP contribution in [0.5, 0.6) is 0 Å². The molecule has 6 unspecified atom stereocenters. The monoisotopic (exact) mass is 1080 g/mol. The summed E-state index contributed by atoms with van der Waals surface area (Å²) in [4.78, 5) is 51.2. The molecule has 77 heavy (non-hydrogen) atoms. The normalized spacial score (nSPS) is 18.6. The van der Waals surface area contributed by atoms with Crippen LogP contribution in [0.2, 0.25) is 0 Å². The minimum atomic E-state index is -1.91. The lowest BCUT2D eigenvalue weighted by Crippen LogP contribution is -2.61. The van der Waals surface area contributed by atoms with Crippen LogP contribution >= 0.6 is 0 Å². The van der Waals surface area contributed by atoms with Gasteiger partial charge in [0.1, 0.15) is 18.8 Å². The van der Waals surface area contributed by atoms with Gasteiger partial charge >= 0.3 is 23.9 Å². The molecule has 1 fully saturated rings. The van der Waals surface area contributed by atoms with E-state index >= 15 is 0 Å². The standard InChI is InChI=1S/C65H108O12/c1-4-7-10-13-16-19-22-25-27-29-31-34-36-39-42-45-48-51-57(66)73-54-56(75-58(67)52-49-46-43-40-38-35-32-30-28-26-23-20-17-14-11-8-5-2)55-74-65-63(61(70)60(69)62(77-65)64(71)72)76-59(68)53-50-47-44-41-37-33-24-21-18-15-12-9-6-3/h7,10,16-17,19-21,24-28,31,34,56,60-63,65,69-70H,4-6,8-9,11-15,18,22-23,29-30,32-33,35-55H2,1-3H3,(H,71,72)/b10-7-,19-16-,20-17-,24-21-,27-25-,28-26-,34-31-. The van der Waals surface area contributed by atoms with E-state index in [0.717, 1.165) is 141 Å². The first-order valence-corrected chi connectivity index (χ1v) is 30.6. The quantitative estimate of drug-likeness (QED) is 0.0228. The molecule has 1 aliphatic rings. The van der Waals surface area contributed by atoms with Gasteiger partial charge in [0.05, 0.1) is 6.61 Å². The second kappa shape index (κ2) is 52.6. The third-order valence-electron chi connectivity index (χ3n) is 13.4. The van der Waals surface area contributed by atoms with Gasteiger partial charge in [-0.3, -0.25) is 14.4 Å². The zero-order valence-electron chi connectivity index (χ0n) is 48.4. The van der Waals surface area contributed by atoms with Crippen LogP contribution in [-0.4, -0.2) is 89.2 Å². The first-order chi connectivity index (χ1) is 37.6. The molecule has 6 atom stereocenters. The summed E-state index contributed by atoms with van der Waals surface area (Å²) in [5, 5.41) is 31.5. The third kappa shape index (κ3) is 42.5. The molecule has 0 radical (unpaired) electrons. The van der Waals surface area contributed by atoms with Crippen molar-refractivity contribution >= 4 is 23.9 Å². The molecular weight excluding hydrogens is 973 g/mol. The van der Waals surface area contributed by atoms with Gasteiger partial charge in [0.25, 0.3) is 0 Å². The molecule has 12 nitrogen and oxygen atoms in total. The number of unbranched alkanes of at least 4 members (excludes halogenated alkanes) is 23. The van der Waals surface area contributed by atoms with Gasteiger partial charge in [0.2, 0.25) is 0 Å². The second-order valence-electron chi connectivity index (χ2n) is 20.6. The average molecular weight is 1080 g/mol. The van der Waals surface area contributed by atoms with Crippen LogP contribution in [0.3, 0.4) is 0 Å². The SMILES string of the molecule is CC/C=C\C/C=C\C/C=C\C/C=C\CCCCCCC(=O)OCC(COC1OC(C(=O)O)C(O)C(O)C1OC(=O)CCCCCCC/C=C\CCCCCC)OC(=O)CCCCCCCCC/C=C\C/C=C\CCCCC. The van der Waals surface area contributed by atoms with Crippen LogP contribution < -0.4 is 0 Å². The van der Waals surface area contributed by atoms with Crippen molar-refractivity contribution in [3.63, 3.8) is 0 Å². The lowest BCUT2D eigenvalue weighted by Gasteiger charge is -2.40. The van der Waals surface area contributed by atoms with Crippen molar-refractivity contribution in [3.05, 3.63) is 85.1 Å². The molecule has 0 bridgehead atoms. The van der Waals surface area contributed by atoms with Crippen molar-refractivity contribution in [2.45, 2.75) is 289 Å². The maximum Gasteiger partial charge on any atom is 0.335 e. The zero-order valence-corrected chi connectivity index (χ0v) is 48.4. The lowest BCUT2D eigenvalue weighted by molar-refractivity contribution is -0.301. The number of aliphatic carboxylic acids is 1. The molecule has 0 aromatic rings. The van der Waals surface area contributed by atoms with E-state index in [4.69, 9.17) is 23.7 Å². The number of carbonyl (C=O) groups excluding carboxylic acids is 3. The fourth-order valence-corrected chi connectivity index (χ4v) is 8.74. The number of aliphatic hydroxyl groups is 2. The molecular formula is C65H108O12. The minimum absolute atomic E-state index is 0.0444. The van der Waals surface area contributed by atoms with Gasteiger partial charge in [-0.2, -0.15) is 0 Å². The molecule has 0 aliphatic carbocycles. The first-order valence-electron chi connectivity index (χ1n) is 30.6. The summed E-state index contributed by atoms with van der Waals surface area (Å²) >= 11 is 0. The molecule has 1 saturated heterocycles. The van der Waals surface area contributed by atoms with Gasteiger partial charge in [-0.15, -0.1) is 0 Å². The number of allylic oxidation sites excluding steroid dienone is 14. The van der Waals surface area contributed by atoms with Crippen molar-refractivity contribution in [3.8, 4) is 0 Å². The number of carboxylic acids is 1. The van der Waals surface area contributed by atoms with E-state index in [2.05, 4.69) is 106 Å². The Balaban J connectivity index is 2.71. The number of carboxylic acid groups (broad SMARTS) is 1. The van der Waals surface area contributed by atoms with Crippen molar-refractivity contribution < 1.29 is 58.2 Å². The summed E-state index contributed by atoms with van der Waals surface area (Å²) in [5.41, 5.74) is 0. The molecule has 440 valence electrons. The molecule has 0 aromatic heterocycles. The van der Waals surface area contributed by atoms with E-state index in [1.165, 1.54) is 51.4 Å². The molecule has 12 heteroatoms. The van der Waals surface area contributed by atoms with Crippen LogP contribution in [0.4, 0.5) is 0 Å². The predicted molar refractivity (Wildman–Crippen MR) is 312 cm³/mol. The summed E-state index contributed by atoms with van der Waals surface area (Å²) < 4.78 is 28.4. The van der Waals surface area contributed by atoms with Gasteiger partial charge in [-0.1, -0.05) is 202 Å². The highest BCUT2D eigenvalue weighted by molar-refractivity contribution is 5.74. The van der Waals surface area contributed by atoms with Crippen LogP contribution in [0.25, 0.3) is 0 Å². The van der Waals surface area contributed by atoms with Gasteiger partial charge in [0, 0.05) is 19.3 Å². The summed E-state index contributed by atoms with van der Waals surface area (Å²) in [6, 6.07) is 0. The second-order valence-corrected chi connectivity index (χ2v) is 20.6. The number of rotatable bonds is 51.